The number of carboxylic acid groups (broad SMARTS) is 1. The van der Waals surface area contributed by atoms with Crippen LogP contribution in [0.4, 0.5) is 0 Å². The second-order valence-electron chi connectivity index (χ2n) is 3.67. The highest BCUT2D eigenvalue weighted by Crippen LogP contribution is 2.27. The Balaban J connectivity index is 2.40. The minimum absolute atomic E-state index is 0.205. The highest BCUT2D eigenvalue weighted by molar-refractivity contribution is 5.92. The molecular weight excluding hydrogens is 216 g/mol. The molecule has 1 N–H and O–H groups in total. The lowest BCUT2D eigenvalue weighted by Crippen LogP contribution is -2.02. The summed E-state index contributed by atoms with van der Waals surface area (Å²) in [5.41, 5.74) is 0.891. The lowest BCUT2D eigenvalue weighted by atomic mass is 10.1. The van der Waals surface area contributed by atoms with Crippen LogP contribution in [0.5, 0.6) is 11.5 Å². The Morgan fingerprint density at radius 1 is 1.06 bits per heavy atom. The van der Waals surface area contributed by atoms with E-state index in [9.17, 15) is 4.79 Å². The van der Waals surface area contributed by atoms with E-state index >= 15 is 0 Å². The van der Waals surface area contributed by atoms with Gasteiger partial charge in [-0.05, 0) is 30.7 Å². The topological polar surface area (TPSA) is 46.5 Å². The van der Waals surface area contributed by atoms with E-state index in [-0.39, 0.29) is 5.56 Å². The fraction of sp³-hybridized carbons (Fsp3) is 0.0714. The van der Waals surface area contributed by atoms with Gasteiger partial charge in [0.2, 0.25) is 0 Å². The Morgan fingerprint density at radius 3 is 2.41 bits per heavy atom. The maximum atomic E-state index is 11.2. The van der Waals surface area contributed by atoms with Gasteiger partial charge in [0.15, 0.2) is 0 Å². The van der Waals surface area contributed by atoms with Crippen molar-refractivity contribution in [3.8, 4) is 11.5 Å². The summed E-state index contributed by atoms with van der Waals surface area (Å²) in [6.45, 7) is 1.75. The molecule has 0 amide bonds. The first-order valence-corrected chi connectivity index (χ1v) is 5.24. The Hall–Kier alpha value is -2.29. The van der Waals surface area contributed by atoms with Gasteiger partial charge in [-0.1, -0.05) is 30.3 Å². The molecular formula is C14H12O3. The number of ether oxygens (including phenoxy) is 1. The van der Waals surface area contributed by atoms with Gasteiger partial charge in [0.1, 0.15) is 17.1 Å². The molecule has 0 radical (unpaired) electrons. The molecule has 3 nitrogen and oxygen atoms in total. The highest BCUT2D eigenvalue weighted by atomic mass is 16.5. The van der Waals surface area contributed by atoms with E-state index in [2.05, 4.69) is 0 Å². The third-order valence-electron chi connectivity index (χ3n) is 2.42. The van der Waals surface area contributed by atoms with Crippen LogP contribution in [0.2, 0.25) is 0 Å². The van der Waals surface area contributed by atoms with E-state index in [0.29, 0.717) is 17.1 Å². The molecule has 0 atom stereocenters. The normalized spacial score (nSPS) is 9.94. The zero-order valence-electron chi connectivity index (χ0n) is 9.38. The number of para-hydroxylation sites is 1. The molecule has 2 rings (SSSR count). The maximum Gasteiger partial charge on any atom is 0.339 e. The molecule has 0 fully saturated rings. The van der Waals surface area contributed by atoms with E-state index < -0.39 is 5.97 Å². The van der Waals surface area contributed by atoms with Crippen LogP contribution in [0.15, 0.2) is 48.5 Å². The average Bonchev–Trinajstić information content (AvgIpc) is 2.30. The van der Waals surface area contributed by atoms with Crippen molar-refractivity contribution in [3.05, 3.63) is 59.7 Å². The third kappa shape index (κ3) is 2.45. The molecule has 0 bridgehead atoms. The summed E-state index contributed by atoms with van der Waals surface area (Å²) in [5, 5.41) is 9.14. The van der Waals surface area contributed by atoms with Crippen molar-refractivity contribution < 1.29 is 14.6 Å². The van der Waals surface area contributed by atoms with Gasteiger partial charge in [-0.15, -0.1) is 0 Å². The van der Waals surface area contributed by atoms with Crippen molar-refractivity contribution in [1.29, 1.82) is 0 Å². The minimum atomic E-state index is -0.978. The molecule has 0 saturated carbocycles. The molecule has 0 spiro atoms. The quantitative estimate of drug-likeness (QED) is 0.874. The Labute approximate surface area is 99.3 Å². The van der Waals surface area contributed by atoms with E-state index in [1.165, 1.54) is 0 Å². The highest BCUT2D eigenvalue weighted by Gasteiger charge is 2.14. The molecule has 2 aromatic carbocycles. The third-order valence-corrected chi connectivity index (χ3v) is 2.42. The standard InChI is InChI=1S/C14H12O3/c1-10-6-5-9-12(13(10)14(15)16)17-11-7-3-2-4-8-11/h2-9H,1H3,(H,15,16). The van der Waals surface area contributed by atoms with Gasteiger partial charge in [0.05, 0.1) is 0 Å². The first-order valence-electron chi connectivity index (χ1n) is 5.24. The van der Waals surface area contributed by atoms with Crippen molar-refractivity contribution in [1.82, 2.24) is 0 Å². The number of benzene rings is 2. The second-order valence-corrected chi connectivity index (χ2v) is 3.67. The van der Waals surface area contributed by atoms with E-state index in [1.54, 1.807) is 37.3 Å². The fourth-order valence-corrected chi connectivity index (χ4v) is 1.62. The molecule has 0 aliphatic carbocycles. The van der Waals surface area contributed by atoms with Crippen LogP contribution in [0.3, 0.4) is 0 Å². The van der Waals surface area contributed by atoms with Gasteiger partial charge in [-0.2, -0.15) is 0 Å². The molecule has 17 heavy (non-hydrogen) atoms. The molecule has 0 unspecified atom stereocenters. The summed E-state index contributed by atoms with van der Waals surface area (Å²) in [6, 6.07) is 14.3. The smallest absolute Gasteiger partial charge is 0.339 e. The van der Waals surface area contributed by atoms with E-state index in [4.69, 9.17) is 9.84 Å². The molecule has 0 saturated heterocycles. The molecule has 0 aliphatic heterocycles. The zero-order valence-corrected chi connectivity index (χ0v) is 9.38. The Bertz CT molecular complexity index is 532. The van der Waals surface area contributed by atoms with E-state index in [0.717, 1.165) is 0 Å². The summed E-state index contributed by atoms with van der Waals surface area (Å²) in [5.74, 6) is 0.0123. The lowest BCUT2D eigenvalue weighted by molar-refractivity contribution is 0.0693. The zero-order chi connectivity index (χ0) is 12.3. The number of carboxylic acids is 1. The molecule has 0 heterocycles. The van der Waals surface area contributed by atoms with Gasteiger partial charge in [0.25, 0.3) is 0 Å². The minimum Gasteiger partial charge on any atom is -0.478 e. The van der Waals surface area contributed by atoms with Crippen molar-refractivity contribution in [2.75, 3.05) is 0 Å². The molecule has 3 heteroatoms. The monoisotopic (exact) mass is 228 g/mol. The van der Waals surface area contributed by atoms with Gasteiger partial charge in [-0.3, -0.25) is 0 Å². The predicted octanol–water partition coefficient (Wildman–Crippen LogP) is 3.49. The summed E-state index contributed by atoms with van der Waals surface area (Å²) in [4.78, 5) is 11.2. The first kappa shape index (κ1) is 11.2. The fourth-order valence-electron chi connectivity index (χ4n) is 1.62. The summed E-state index contributed by atoms with van der Waals surface area (Å²) in [6.07, 6.45) is 0. The average molecular weight is 228 g/mol. The molecule has 0 aromatic heterocycles. The molecule has 2 aromatic rings. The SMILES string of the molecule is Cc1cccc(Oc2ccccc2)c1C(=O)O. The number of aromatic carboxylic acids is 1. The second kappa shape index (κ2) is 4.70. The summed E-state index contributed by atoms with van der Waals surface area (Å²) >= 11 is 0. The number of hydrogen-bond acceptors (Lipinski definition) is 2. The van der Waals surface area contributed by atoms with E-state index in [1.807, 2.05) is 18.2 Å². The Morgan fingerprint density at radius 2 is 1.76 bits per heavy atom. The number of carbonyl (C=O) groups is 1. The largest absolute Gasteiger partial charge is 0.478 e. The van der Waals surface area contributed by atoms with Crippen molar-refractivity contribution in [2.45, 2.75) is 6.92 Å². The van der Waals surface area contributed by atoms with Crippen molar-refractivity contribution in [3.63, 3.8) is 0 Å². The summed E-state index contributed by atoms with van der Waals surface area (Å²) < 4.78 is 5.57. The predicted molar refractivity (Wildman–Crippen MR) is 64.7 cm³/mol. The van der Waals surface area contributed by atoms with Crippen LogP contribution < -0.4 is 4.74 Å². The van der Waals surface area contributed by atoms with Crippen LogP contribution in [0, 0.1) is 6.92 Å². The lowest BCUT2D eigenvalue weighted by Gasteiger charge is -2.10. The van der Waals surface area contributed by atoms with Crippen molar-refractivity contribution in [2.24, 2.45) is 0 Å². The van der Waals surface area contributed by atoms with Crippen molar-refractivity contribution >= 4 is 5.97 Å². The molecule has 0 aliphatic rings. The first-order chi connectivity index (χ1) is 8.18. The number of rotatable bonds is 3. The van der Waals surface area contributed by atoms with Crippen LogP contribution in [0.25, 0.3) is 0 Å². The number of hydrogen-bond donors (Lipinski definition) is 1. The maximum absolute atomic E-state index is 11.2. The van der Waals surface area contributed by atoms with Crippen LogP contribution in [0.1, 0.15) is 15.9 Å². The van der Waals surface area contributed by atoms with Crippen LogP contribution in [-0.4, -0.2) is 11.1 Å². The van der Waals surface area contributed by atoms with Gasteiger partial charge in [-0.25, -0.2) is 4.79 Å². The van der Waals surface area contributed by atoms with Gasteiger partial charge in [0, 0.05) is 0 Å². The van der Waals surface area contributed by atoms with Gasteiger partial charge < -0.3 is 9.84 Å². The molecule has 86 valence electrons. The summed E-state index contributed by atoms with van der Waals surface area (Å²) in [7, 11) is 0. The number of aryl methyl sites for hydroxylation is 1. The Kier molecular flexibility index (Phi) is 3.10. The van der Waals surface area contributed by atoms with Gasteiger partial charge >= 0.3 is 5.97 Å². The van der Waals surface area contributed by atoms with Crippen LogP contribution in [-0.2, 0) is 0 Å². The van der Waals surface area contributed by atoms with Crippen LogP contribution >= 0.6 is 0 Å².